The molecule has 21 heavy (non-hydrogen) atoms. The van der Waals surface area contributed by atoms with E-state index >= 15 is 0 Å². The van der Waals surface area contributed by atoms with Gasteiger partial charge in [-0.15, -0.1) is 0 Å². The lowest BCUT2D eigenvalue weighted by molar-refractivity contribution is 0.465. The first kappa shape index (κ1) is 12.5. The largest absolute Gasteiger partial charge is 0.508 e. The van der Waals surface area contributed by atoms with Crippen LogP contribution in [0.2, 0.25) is 0 Å². The molecule has 3 heteroatoms. The Morgan fingerprint density at radius 3 is 2.76 bits per heavy atom. The second-order valence-electron chi connectivity index (χ2n) is 5.58. The van der Waals surface area contributed by atoms with Crippen molar-refractivity contribution < 1.29 is 5.11 Å². The van der Waals surface area contributed by atoms with Crippen LogP contribution >= 0.6 is 0 Å². The predicted molar refractivity (Wildman–Crippen MR) is 84.6 cm³/mol. The van der Waals surface area contributed by atoms with E-state index in [-0.39, 0.29) is 0 Å². The third-order valence-corrected chi connectivity index (χ3v) is 4.36. The standard InChI is InChI=1S/C18H18N2O/c21-18-8-4-1-5-13(18)12-20-16-7-3-2-6-14(16)15-9-10-19-11-17(15)20/h1-8,19,21H,9-12H2. The molecule has 1 aromatic heterocycles. The first-order chi connectivity index (χ1) is 10.3. The highest BCUT2D eigenvalue weighted by molar-refractivity contribution is 5.86. The van der Waals surface area contributed by atoms with Gasteiger partial charge in [-0.25, -0.2) is 0 Å². The summed E-state index contributed by atoms with van der Waals surface area (Å²) < 4.78 is 2.34. The molecule has 106 valence electrons. The molecule has 0 saturated carbocycles. The number of hydrogen-bond donors (Lipinski definition) is 2. The van der Waals surface area contributed by atoms with Gasteiger partial charge in [-0.3, -0.25) is 0 Å². The average molecular weight is 278 g/mol. The summed E-state index contributed by atoms with van der Waals surface area (Å²) in [7, 11) is 0. The van der Waals surface area contributed by atoms with Gasteiger partial charge in [0.1, 0.15) is 5.75 Å². The van der Waals surface area contributed by atoms with Crippen molar-refractivity contribution in [3.05, 3.63) is 65.4 Å². The Kier molecular flexibility index (Phi) is 2.93. The second-order valence-corrected chi connectivity index (χ2v) is 5.58. The number of fused-ring (bicyclic) bond motifs is 3. The zero-order valence-corrected chi connectivity index (χ0v) is 11.8. The molecule has 4 rings (SSSR count). The molecule has 0 atom stereocenters. The fraction of sp³-hybridized carbons (Fsp3) is 0.222. The maximum Gasteiger partial charge on any atom is 0.120 e. The summed E-state index contributed by atoms with van der Waals surface area (Å²) in [6.07, 6.45) is 1.07. The molecule has 0 bridgehead atoms. The van der Waals surface area contributed by atoms with Crippen LogP contribution in [0.15, 0.2) is 48.5 Å². The number of rotatable bonds is 2. The van der Waals surface area contributed by atoms with E-state index in [4.69, 9.17) is 0 Å². The van der Waals surface area contributed by atoms with Crippen LogP contribution in [0.5, 0.6) is 5.75 Å². The molecule has 0 radical (unpaired) electrons. The Hall–Kier alpha value is -2.26. The topological polar surface area (TPSA) is 37.2 Å². The van der Waals surface area contributed by atoms with E-state index < -0.39 is 0 Å². The van der Waals surface area contributed by atoms with Crippen LogP contribution in [-0.2, 0) is 19.5 Å². The van der Waals surface area contributed by atoms with E-state index in [2.05, 4.69) is 34.1 Å². The molecule has 3 aromatic rings. The summed E-state index contributed by atoms with van der Waals surface area (Å²) in [5.74, 6) is 0.368. The number of aromatic nitrogens is 1. The quantitative estimate of drug-likeness (QED) is 0.756. The van der Waals surface area contributed by atoms with Crippen LogP contribution < -0.4 is 5.32 Å². The minimum Gasteiger partial charge on any atom is -0.508 e. The third kappa shape index (κ3) is 2.01. The molecule has 0 fully saturated rings. The summed E-state index contributed by atoms with van der Waals surface area (Å²) >= 11 is 0. The normalized spacial score (nSPS) is 14.3. The first-order valence-electron chi connectivity index (χ1n) is 7.41. The summed E-state index contributed by atoms with van der Waals surface area (Å²) in [5, 5.41) is 14.9. The minimum absolute atomic E-state index is 0.368. The van der Waals surface area contributed by atoms with Gasteiger partial charge in [0, 0.05) is 28.7 Å². The number of hydrogen-bond acceptors (Lipinski definition) is 2. The van der Waals surface area contributed by atoms with Crippen molar-refractivity contribution >= 4 is 10.9 Å². The van der Waals surface area contributed by atoms with E-state index in [0.29, 0.717) is 12.3 Å². The van der Waals surface area contributed by atoms with E-state index in [1.54, 1.807) is 6.07 Å². The highest BCUT2D eigenvalue weighted by Crippen LogP contribution is 2.30. The van der Waals surface area contributed by atoms with Gasteiger partial charge in [0.2, 0.25) is 0 Å². The summed E-state index contributed by atoms with van der Waals surface area (Å²) in [4.78, 5) is 0. The SMILES string of the molecule is Oc1ccccc1Cn1c2c(c3ccccc31)CCNC2. The van der Waals surface area contributed by atoms with Crippen LogP contribution in [-0.4, -0.2) is 16.2 Å². The Balaban J connectivity index is 1.90. The molecule has 2 heterocycles. The molecule has 1 aliphatic heterocycles. The van der Waals surface area contributed by atoms with Gasteiger partial charge in [0.15, 0.2) is 0 Å². The van der Waals surface area contributed by atoms with Crippen molar-refractivity contribution in [2.75, 3.05) is 6.54 Å². The van der Waals surface area contributed by atoms with Gasteiger partial charge in [-0.2, -0.15) is 0 Å². The zero-order valence-electron chi connectivity index (χ0n) is 11.8. The fourth-order valence-electron chi connectivity index (χ4n) is 3.32. The van der Waals surface area contributed by atoms with Crippen molar-refractivity contribution in [2.24, 2.45) is 0 Å². The molecule has 2 aromatic carbocycles. The van der Waals surface area contributed by atoms with Crippen molar-refractivity contribution in [1.29, 1.82) is 0 Å². The minimum atomic E-state index is 0.368. The number of para-hydroxylation sites is 2. The molecule has 0 unspecified atom stereocenters. The highest BCUT2D eigenvalue weighted by Gasteiger charge is 2.19. The average Bonchev–Trinajstić information content (AvgIpc) is 2.85. The van der Waals surface area contributed by atoms with Crippen LogP contribution in [0, 0.1) is 0 Å². The number of phenols is 1. The van der Waals surface area contributed by atoms with Gasteiger partial charge in [-0.05, 0) is 30.7 Å². The molecule has 1 aliphatic rings. The van der Waals surface area contributed by atoms with Gasteiger partial charge in [-0.1, -0.05) is 36.4 Å². The smallest absolute Gasteiger partial charge is 0.120 e. The summed E-state index contributed by atoms with van der Waals surface area (Å²) in [6, 6.07) is 16.2. The molecular formula is C18H18N2O. The van der Waals surface area contributed by atoms with Gasteiger partial charge < -0.3 is 15.0 Å². The summed E-state index contributed by atoms with van der Waals surface area (Å²) in [6.45, 7) is 2.65. The first-order valence-corrected chi connectivity index (χ1v) is 7.41. The number of benzene rings is 2. The monoisotopic (exact) mass is 278 g/mol. The molecule has 0 saturated heterocycles. The van der Waals surface area contributed by atoms with Crippen molar-refractivity contribution in [1.82, 2.24) is 9.88 Å². The van der Waals surface area contributed by atoms with E-state index in [9.17, 15) is 5.11 Å². The Bertz CT molecular complexity index is 804. The lowest BCUT2D eigenvalue weighted by Gasteiger charge is -2.17. The number of aromatic hydroxyl groups is 1. The highest BCUT2D eigenvalue weighted by atomic mass is 16.3. The van der Waals surface area contributed by atoms with E-state index in [1.165, 1.54) is 22.2 Å². The second kappa shape index (κ2) is 4.93. The lowest BCUT2D eigenvalue weighted by atomic mass is 10.0. The predicted octanol–water partition coefficient (Wildman–Crippen LogP) is 3.04. The number of phenolic OH excluding ortho intramolecular Hbond substituents is 1. The molecule has 0 aliphatic carbocycles. The van der Waals surface area contributed by atoms with E-state index in [0.717, 1.165) is 25.1 Å². The van der Waals surface area contributed by atoms with Gasteiger partial charge in [0.25, 0.3) is 0 Å². The van der Waals surface area contributed by atoms with Crippen LogP contribution in [0.3, 0.4) is 0 Å². The Morgan fingerprint density at radius 1 is 1.05 bits per heavy atom. The molecule has 2 N–H and O–H groups in total. The maximum absolute atomic E-state index is 10.1. The maximum atomic E-state index is 10.1. The zero-order chi connectivity index (χ0) is 14.2. The fourth-order valence-corrected chi connectivity index (χ4v) is 3.32. The molecule has 0 amide bonds. The number of nitrogens with one attached hydrogen (secondary N) is 1. The van der Waals surface area contributed by atoms with Crippen LogP contribution in [0.4, 0.5) is 0 Å². The van der Waals surface area contributed by atoms with Crippen molar-refractivity contribution in [3.8, 4) is 5.75 Å². The van der Waals surface area contributed by atoms with Crippen LogP contribution in [0.25, 0.3) is 10.9 Å². The molecular weight excluding hydrogens is 260 g/mol. The lowest BCUT2D eigenvalue weighted by Crippen LogP contribution is -2.25. The van der Waals surface area contributed by atoms with Crippen molar-refractivity contribution in [3.63, 3.8) is 0 Å². The Morgan fingerprint density at radius 2 is 1.86 bits per heavy atom. The molecule has 3 nitrogen and oxygen atoms in total. The van der Waals surface area contributed by atoms with E-state index in [1.807, 2.05) is 18.2 Å². The molecule has 0 spiro atoms. The third-order valence-electron chi connectivity index (χ3n) is 4.36. The van der Waals surface area contributed by atoms with Crippen LogP contribution in [0.1, 0.15) is 16.8 Å². The number of nitrogens with zero attached hydrogens (tertiary/aromatic N) is 1. The Labute approximate surface area is 123 Å². The van der Waals surface area contributed by atoms with Gasteiger partial charge >= 0.3 is 0 Å². The summed E-state index contributed by atoms with van der Waals surface area (Å²) in [5.41, 5.74) is 5.03. The van der Waals surface area contributed by atoms with Crippen molar-refractivity contribution in [2.45, 2.75) is 19.5 Å². The van der Waals surface area contributed by atoms with Gasteiger partial charge in [0.05, 0.1) is 6.54 Å².